The highest BCUT2D eigenvalue weighted by Gasteiger charge is 2.35. The fourth-order valence-corrected chi connectivity index (χ4v) is 2.88. The van der Waals surface area contributed by atoms with Crippen molar-refractivity contribution in [3.05, 3.63) is 58.5 Å². The number of carbonyl (C=O) groups excluding carboxylic acids is 3. The average molecular weight is 366 g/mol. The predicted octanol–water partition coefficient (Wildman–Crippen LogP) is 2.48. The van der Waals surface area contributed by atoms with E-state index < -0.39 is 17.8 Å². The van der Waals surface area contributed by atoms with Crippen LogP contribution in [0.15, 0.2) is 36.0 Å². The molecule has 1 aliphatic rings. The van der Waals surface area contributed by atoms with Crippen molar-refractivity contribution < 1.29 is 14.4 Å². The molecule has 0 unspecified atom stereocenters. The number of aromatic nitrogens is 1. The van der Waals surface area contributed by atoms with Gasteiger partial charge in [-0.2, -0.15) is 0 Å². The van der Waals surface area contributed by atoms with Crippen molar-refractivity contribution in [3.63, 3.8) is 0 Å². The highest BCUT2D eigenvalue weighted by Crippen LogP contribution is 2.19. The minimum Gasteiger partial charge on any atom is -0.352 e. The fourth-order valence-electron chi connectivity index (χ4n) is 2.88. The number of nitrogens with one attached hydrogen (secondary N) is 2. The van der Waals surface area contributed by atoms with Crippen LogP contribution in [-0.4, -0.2) is 33.9 Å². The number of rotatable bonds is 4. The molecule has 0 radical (unpaired) electrons. The topological polar surface area (TPSA) is 83.4 Å². The Labute approximate surface area is 157 Å². The maximum absolute atomic E-state index is 12.5. The quantitative estimate of drug-likeness (QED) is 0.644. The number of hydrogen-bond acceptors (Lipinski definition) is 3. The number of urea groups is 1. The highest BCUT2D eigenvalue weighted by atomic mass is 16.2. The first kappa shape index (κ1) is 18.4. The van der Waals surface area contributed by atoms with Gasteiger partial charge in [-0.05, 0) is 50.6 Å². The van der Waals surface area contributed by atoms with Crippen LogP contribution < -0.4 is 10.6 Å². The van der Waals surface area contributed by atoms with E-state index in [1.165, 1.54) is 0 Å². The van der Waals surface area contributed by atoms with Gasteiger partial charge in [0.05, 0.1) is 0 Å². The molecule has 7 heteroatoms. The molecule has 4 amide bonds. The van der Waals surface area contributed by atoms with Crippen LogP contribution in [0, 0.1) is 20.8 Å². The first-order chi connectivity index (χ1) is 12.8. The number of anilines is 1. The van der Waals surface area contributed by atoms with Crippen molar-refractivity contribution in [1.82, 2.24) is 14.8 Å². The number of nitrogens with zero attached hydrogens (tertiary/aromatic N) is 2. The molecule has 1 saturated heterocycles. The Balaban J connectivity index is 1.72. The van der Waals surface area contributed by atoms with Crippen molar-refractivity contribution in [2.75, 3.05) is 11.9 Å². The lowest BCUT2D eigenvalue weighted by molar-refractivity contribution is -0.127. The van der Waals surface area contributed by atoms with Crippen LogP contribution in [0.4, 0.5) is 10.5 Å². The van der Waals surface area contributed by atoms with Crippen LogP contribution in [0.2, 0.25) is 0 Å². The van der Waals surface area contributed by atoms with Crippen LogP contribution in [0.3, 0.4) is 0 Å². The average Bonchev–Trinajstić information content (AvgIpc) is 3.02. The van der Waals surface area contributed by atoms with Crippen LogP contribution in [0.5, 0.6) is 0 Å². The third kappa shape index (κ3) is 3.76. The van der Waals surface area contributed by atoms with E-state index in [9.17, 15) is 14.4 Å². The third-order valence-corrected chi connectivity index (χ3v) is 4.71. The minimum atomic E-state index is -0.601. The molecule has 2 aromatic rings. The summed E-state index contributed by atoms with van der Waals surface area (Å²) in [6, 6.07) is 8.61. The lowest BCUT2D eigenvalue weighted by Crippen LogP contribution is -2.38. The van der Waals surface area contributed by atoms with Crippen molar-refractivity contribution >= 4 is 29.6 Å². The van der Waals surface area contributed by atoms with E-state index in [1.807, 2.05) is 50.6 Å². The molecule has 0 atom stereocenters. The highest BCUT2D eigenvalue weighted by molar-refractivity contribution is 6.16. The van der Waals surface area contributed by atoms with Gasteiger partial charge in [0.1, 0.15) is 12.2 Å². The van der Waals surface area contributed by atoms with E-state index >= 15 is 0 Å². The zero-order chi connectivity index (χ0) is 19.7. The van der Waals surface area contributed by atoms with Gasteiger partial charge in [-0.15, -0.1) is 0 Å². The van der Waals surface area contributed by atoms with Gasteiger partial charge in [-0.3, -0.25) is 9.59 Å². The number of benzene rings is 1. The standard InChI is InChI=1S/C20H22N4O3/c1-12-5-7-16(8-6-12)21-18(25)11-24-19(26)17(22-20(24)27)10-15-9-13(2)23(4)14(15)3/h5-10H,11H2,1-4H3,(H,21,25)(H,22,27). The summed E-state index contributed by atoms with van der Waals surface area (Å²) < 4.78 is 2.00. The Morgan fingerprint density at radius 1 is 1.15 bits per heavy atom. The Morgan fingerprint density at radius 2 is 1.81 bits per heavy atom. The Morgan fingerprint density at radius 3 is 2.41 bits per heavy atom. The van der Waals surface area contributed by atoms with Gasteiger partial charge < -0.3 is 15.2 Å². The Hall–Kier alpha value is -3.35. The summed E-state index contributed by atoms with van der Waals surface area (Å²) in [5.74, 6) is -0.949. The number of imide groups is 1. The maximum Gasteiger partial charge on any atom is 0.329 e. The molecule has 0 bridgehead atoms. The molecule has 140 valence electrons. The zero-order valence-electron chi connectivity index (χ0n) is 15.8. The van der Waals surface area contributed by atoms with Crippen molar-refractivity contribution in [2.24, 2.45) is 7.05 Å². The first-order valence-electron chi connectivity index (χ1n) is 8.60. The maximum atomic E-state index is 12.5. The number of hydrogen-bond donors (Lipinski definition) is 2. The van der Waals surface area contributed by atoms with E-state index in [-0.39, 0.29) is 12.2 Å². The minimum absolute atomic E-state index is 0.164. The second kappa shape index (κ2) is 7.11. The molecule has 0 aliphatic carbocycles. The molecule has 7 nitrogen and oxygen atoms in total. The molecular weight excluding hydrogens is 344 g/mol. The molecule has 1 aromatic heterocycles. The first-order valence-corrected chi connectivity index (χ1v) is 8.60. The molecule has 2 heterocycles. The van der Waals surface area contributed by atoms with Crippen molar-refractivity contribution in [2.45, 2.75) is 20.8 Å². The lowest BCUT2D eigenvalue weighted by Gasteiger charge is -2.12. The number of aryl methyl sites for hydroxylation is 2. The second-order valence-corrected chi connectivity index (χ2v) is 6.68. The number of amides is 4. The van der Waals surface area contributed by atoms with Crippen molar-refractivity contribution in [3.8, 4) is 0 Å². The largest absolute Gasteiger partial charge is 0.352 e. The van der Waals surface area contributed by atoms with E-state index in [4.69, 9.17) is 0 Å². The van der Waals surface area contributed by atoms with E-state index in [0.717, 1.165) is 27.4 Å². The summed E-state index contributed by atoms with van der Waals surface area (Å²) in [5, 5.41) is 5.23. The molecule has 1 fully saturated rings. The molecule has 2 N–H and O–H groups in total. The smallest absolute Gasteiger partial charge is 0.329 e. The van der Waals surface area contributed by atoms with Gasteiger partial charge in [0.15, 0.2) is 0 Å². The number of carbonyl (C=O) groups is 3. The molecule has 1 aromatic carbocycles. The summed E-state index contributed by atoms with van der Waals surface area (Å²) in [7, 11) is 1.93. The van der Waals surface area contributed by atoms with Gasteiger partial charge in [0.25, 0.3) is 5.91 Å². The molecule has 27 heavy (non-hydrogen) atoms. The van der Waals surface area contributed by atoms with Gasteiger partial charge in [0, 0.05) is 24.1 Å². The van der Waals surface area contributed by atoms with Crippen LogP contribution in [0.25, 0.3) is 6.08 Å². The Kier molecular flexibility index (Phi) is 4.85. The van der Waals surface area contributed by atoms with Gasteiger partial charge in [-0.1, -0.05) is 17.7 Å². The summed E-state index contributed by atoms with van der Waals surface area (Å²) in [6.45, 7) is 5.50. The predicted molar refractivity (Wildman–Crippen MR) is 103 cm³/mol. The summed E-state index contributed by atoms with van der Waals surface area (Å²) in [4.78, 5) is 37.8. The second-order valence-electron chi connectivity index (χ2n) is 6.68. The molecule has 3 rings (SSSR count). The molecule has 0 saturated carbocycles. The Bertz CT molecular complexity index is 954. The fraction of sp³-hybridized carbons (Fsp3) is 0.250. The van der Waals surface area contributed by atoms with Crippen LogP contribution in [0.1, 0.15) is 22.5 Å². The SMILES string of the molecule is Cc1ccc(NC(=O)CN2C(=O)NC(=Cc3cc(C)n(C)c3C)C2=O)cc1. The molecule has 0 spiro atoms. The normalized spacial score (nSPS) is 15.4. The van der Waals surface area contributed by atoms with Gasteiger partial charge in [-0.25, -0.2) is 9.69 Å². The molecule has 1 aliphatic heterocycles. The van der Waals surface area contributed by atoms with Crippen LogP contribution >= 0.6 is 0 Å². The molecular formula is C20H22N4O3. The summed E-state index contributed by atoms with van der Waals surface area (Å²) in [6.07, 6.45) is 1.64. The monoisotopic (exact) mass is 366 g/mol. The van der Waals surface area contributed by atoms with E-state index in [2.05, 4.69) is 10.6 Å². The van der Waals surface area contributed by atoms with E-state index in [1.54, 1.807) is 18.2 Å². The van der Waals surface area contributed by atoms with Gasteiger partial charge in [0.2, 0.25) is 5.91 Å². The third-order valence-electron chi connectivity index (χ3n) is 4.71. The van der Waals surface area contributed by atoms with Gasteiger partial charge >= 0.3 is 6.03 Å². The summed E-state index contributed by atoms with van der Waals surface area (Å²) in [5.41, 5.74) is 4.73. The van der Waals surface area contributed by atoms with E-state index in [0.29, 0.717) is 5.69 Å². The van der Waals surface area contributed by atoms with Crippen molar-refractivity contribution in [1.29, 1.82) is 0 Å². The zero-order valence-corrected chi connectivity index (χ0v) is 15.8. The summed E-state index contributed by atoms with van der Waals surface area (Å²) >= 11 is 0. The van der Waals surface area contributed by atoms with Crippen LogP contribution in [-0.2, 0) is 16.6 Å². The lowest BCUT2D eigenvalue weighted by atomic mass is 10.2.